The van der Waals surface area contributed by atoms with Crippen LogP contribution in [0.15, 0.2) is 24.3 Å². The molecule has 1 aliphatic rings. The fourth-order valence-corrected chi connectivity index (χ4v) is 3.82. The number of anilines is 1. The standard InChI is InChI=1S/C17H20Cl3N5OS/c18-13-3-1-12(2-4-13)11-14-22-17(27-23-14)25-9-7-24(8-10-25)6-5-21-16(26)15(19)20/h1-4,15H,5-11H2,(H,21,26). The lowest BCUT2D eigenvalue weighted by Crippen LogP contribution is -2.48. The first-order valence-corrected chi connectivity index (χ1v) is 10.6. The number of carbonyl (C=O) groups excluding carboxylic acids is 1. The summed E-state index contributed by atoms with van der Waals surface area (Å²) >= 11 is 18.4. The van der Waals surface area contributed by atoms with E-state index in [-0.39, 0.29) is 5.91 Å². The maximum absolute atomic E-state index is 11.3. The van der Waals surface area contributed by atoms with E-state index in [2.05, 4.69) is 24.5 Å². The molecule has 146 valence electrons. The van der Waals surface area contributed by atoms with Gasteiger partial charge in [0.2, 0.25) is 5.13 Å². The monoisotopic (exact) mass is 447 g/mol. The molecule has 1 amide bonds. The minimum Gasteiger partial charge on any atom is -0.352 e. The van der Waals surface area contributed by atoms with Crippen molar-refractivity contribution in [2.24, 2.45) is 0 Å². The molecule has 0 radical (unpaired) electrons. The first-order valence-electron chi connectivity index (χ1n) is 8.61. The van der Waals surface area contributed by atoms with Crippen molar-refractivity contribution < 1.29 is 4.79 Å². The van der Waals surface area contributed by atoms with Crippen LogP contribution < -0.4 is 10.2 Å². The number of hydrogen-bond acceptors (Lipinski definition) is 6. The second-order valence-corrected chi connectivity index (χ2v) is 8.48. The minimum atomic E-state index is -1.01. The van der Waals surface area contributed by atoms with Gasteiger partial charge in [-0.3, -0.25) is 9.69 Å². The summed E-state index contributed by atoms with van der Waals surface area (Å²) in [4.78, 5) is 19.6. The Bertz CT molecular complexity index is 747. The van der Waals surface area contributed by atoms with Gasteiger partial charge in [-0.25, -0.2) is 4.98 Å². The summed E-state index contributed by atoms with van der Waals surface area (Å²) in [6.45, 7) is 4.91. The Morgan fingerprint density at radius 2 is 1.89 bits per heavy atom. The zero-order chi connectivity index (χ0) is 19.2. The Morgan fingerprint density at radius 3 is 2.56 bits per heavy atom. The zero-order valence-corrected chi connectivity index (χ0v) is 17.7. The lowest BCUT2D eigenvalue weighted by Gasteiger charge is -2.34. The van der Waals surface area contributed by atoms with Gasteiger partial charge < -0.3 is 10.2 Å². The maximum Gasteiger partial charge on any atom is 0.253 e. The van der Waals surface area contributed by atoms with Crippen LogP contribution in [0.25, 0.3) is 0 Å². The maximum atomic E-state index is 11.3. The molecule has 0 aliphatic carbocycles. The van der Waals surface area contributed by atoms with E-state index in [1.807, 2.05) is 24.3 Å². The highest BCUT2D eigenvalue weighted by molar-refractivity contribution is 7.09. The minimum absolute atomic E-state index is 0.348. The fourth-order valence-electron chi connectivity index (χ4n) is 2.81. The van der Waals surface area contributed by atoms with Crippen molar-refractivity contribution in [3.8, 4) is 0 Å². The molecule has 2 heterocycles. The van der Waals surface area contributed by atoms with E-state index in [4.69, 9.17) is 34.8 Å². The molecule has 0 spiro atoms. The van der Waals surface area contributed by atoms with Crippen LogP contribution in [0.3, 0.4) is 0 Å². The lowest BCUT2D eigenvalue weighted by atomic mass is 10.1. The Balaban J connectivity index is 1.44. The van der Waals surface area contributed by atoms with Gasteiger partial charge in [-0.2, -0.15) is 4.37 Å². The topological polar surface area (TPSA) is 61.4 Å². The Kier molecular flexibility index (Phi) is 7.55. The number of nitrogens with zero attached hydrogens (tertiary/aromatic N) is 4. The summed E-state index contributed by atoms with van der Waals surface area (Å²) < 4.78 is 4.48. The molecule has 0 saturated carbocycles. The van der Waals surface area contributed by atoms with Crippen LogP contribution in [-0.4, -0.2) is 64.3 Å². The first kappa shape index (κ1) is 20.6. The van der Waals surface area contributed by atoms with E-state index >= 15 is 0 Å². The summed E-state index contributed by atoms with van der Waals surface area (Å²) in [5, 5.41) is 4.40. The van der Waals surface area contributed by atoms with Crippen LogP contribution >= 0.6 is 46.3 Å². The molecule has 10 heteroatoms. The molecule has 1 aromatic carbocycles. The predicted molar refractivity (Wildman–Crippen MR) is 111 cm³/mol. The third-order valence-electron chi connectivity index (χ3n) is 4.30. The molecule has 1 fully saturated rings. The van der Waals surface area contributed by atoms with Gasteiger partial charge in [-0.1, -0.05) is 46.9 Å². The number of halogens is 3. The van der Waals surface area contributed by atoms with E-state index in [9.17, 15) is 4.79 Å². The van der Waals surface area contributed by atoms with Gasteiger partial charge in [0, 0.05) is 62.2 Å². The molecule has 0 atom stereocenters. The molecule has 2 aromatic rings. The molecule has 1 saturated heterocycles. The number of amides is 1. The van der Waals surface area contributed by atoms with Crippen molar-refractivity contribution in [1.82, 2.24) is 19.6 Å². The smallest absolute Gasteiger partial charge is 0.253 e. The van der Waals surface area contributed by atoms with Crippen LogP contribution in [0.5, 0.6) is 0 Å². The molecule has 1 N–H and O–H groups in total. The normalized spacial score (nSPS) is 15.3. The predicted octanol–water partition coefficient (Wildman–Crippen LogP) is 2.82. The Hall–Kier alpha value is -1.12. The number of piperazine rings is 1. The SMILES string of the molecule is O=C(NCCN1CCN(c2nc(Cc3ccc(Cl)cc3)ns2)CC1)C(Cl)Cl. The van der Waals surface area contributed by atoms with Crippen molar-refractivity contribution in [2.45, 2.75) is 11.3 Å². The summed E-state index contributed by atoms with van der Waals surface area (Å²) in [5.74, 6) is 0.484. The van der Waals surface area contributed by atoms with Crippen molar-refractivity contribution in [1.29, 1.82) is 0 Å². The van der Waals surface area contributed by atoms with E-state index in [1.54, 1.807) is 0 Å². The van der Waals surface area contributed by atoms with Gasteiger partial charge in [-0.15, -0.1) is 0 Å². The molecule has 3 rings (SSSR count). The van der Waals surface area contributed by atoms with Crippen molar-refractivity contribution in [2.75, 3.05) is 44.2 Å². The highest BCUT2D eigenvalue weighted by Crippen LogP contribution is 2.21. The number of nitrogens with one attached hydrogen (secondary N) is 1. The van der Waals surface area contributed by atoms with E-state index < -0.39 is 4.84 Å². The second-order valence-electron chi connectivity index (χ2n) is 6.22. The molecule has 0 unspecified atom stereocenters. The number of rotatable bonds is 7. The third kappa shape index (κ3) is 6.19. The van der Waals surface area contributed by atoms with E-state index in [0.29, 0.717) is 13.0 Å². The molecular weight excluding hydrogens is 429 g/mol. The molecule has 1 aromatic heterocycles. The van der Waals surface area contributed by atoms with Gasteiger partial charge in [0.25, 0.3) is 5.91 Å². The molecule has 27 heavy (non-hydrogen) atoms. The van der Waals surface area contributed by atoms with Gasteiger partial charge in [0.05, 0.1) is 0 Å². The van der Waals surface area contributed by atoms with Gasteiger partial charge in [0.15, 0.2) is 4.84 Å². The highest BCUT2D eigenvalue weighted by atomic mass is 35.5. The van der Waals surface area contributed by atoms with Crippen molar-refractivity contribution >= 4 is 57.4 Å². The summed E-state index contributed by atoms with van der Waals surface area (Å²) in [6, 6.07) is 7.76. The number of benzene rings is 1. The number of aromatic nitrogens is 2. The molecule has 6 nitrogen and oxygen atoms in total. The van der Waals surface area contributed by atoms with Gasteiger partial charge in [-0.05, 0) is 17.7 Å². The van der Waals surface area contributed by atoms with Gasteiger partial charge >= 0.3 is 0 Å². The fraction of sp³-hybridized carbons (Fsp3) is 0.471. The molecular formula is C17H20Cl3N5OS. The van der Waals surface area contributed by atoms with Crippen LogP contribution in [0.2, 0.25) is 5.02 Å². The Morgan fingerprint density at radius 1 is 1.19 bits per heavy atom. The summed E-state index contributed by atoms with van der Waals surface area (Å²) in [7, 11) is 0. The van der Waals surface area contributed by atoms with E-state index in [1.165, 1.54) is 11.5 Å². The summed E-state index contributed by atoms with van der Waals surface area (Å²) in [5.41, 5.74) is 1.15. The molecule has 1 aliphatic heterocycles. The van der Waals surface area contributed by atoms with Crippen LogP contribution in [0.1, 0.15) is 11.4 Å². The second kappa shape index (κ2) is 9.89. The van der Waals surface area contributed by atoms with Crippen LogP contribution in [0.4, 0.5) is 5.13 Å². The first-order chi connectivity index (χ1) is 13.0. The average molecular weight is 449 g/mol. The van der Waals surface area contributed by atoms with Crippen LogP contribution in [-0.2, 0) is 11.2 Å². The van der Waals surface area contributed by atoms with Crippen LogP contribution in [0, 0.1) is 0 Å². The van der Waals surface area contributed by atoms with Gasteiger partial charge in [0.1, 0.15) is 5.82 Å². The highest BCUT2D eigenvalue weighted by Gasteiger charge is 2.20. The Labute approximate surface area is 177 Å². The largest absolute Gasteiger partial charge is 0.352 e. The van der Waals surface area contributed by atoms with Crippen molar-refractivity contribution in [3.63, 3.8) is 0 Å². The third-order valence-corrected chi connectivity index (χ3v) is 5.76. The summed E-state index contributed by atoms with van der Waals surface area (Å²) in [6.07, 6.45) is 0.704. The lowest BCUT2D eigenvalue weighted by molar-refractivity contribution is -0.119. The number of carbonyl (C=O) groups is 1. The number of alkyl halides is 2. The quantitative estimate of drug-likeness (QED) is 0.660. The average Bonchev–Trinajstić information content (AvgIpc) is 3.12. The van der Waals surface area contributed by atoms with E-state index in [0.717, 1.165) is 54.3 Å². The molecule has 0 bridgehead atoms. The van der Waals surface area contributed by atoms with Crippen molar-refractivity contribution in [3.05, 3.63) is 40.7 Å². The number of hydrogen-bond donors (Lipinski definition) is 1. The zero-order valence-electron chi connectivity index (χ0n) is 14.6.